The Bertz CT molecular complexity index is 104. The largest absolute Gasteiger partial charge is 0.397 e. The van der Waals surface area contributed by atoms with Gasteiger partial charge in [0.05, 0.1) is 0 Å². The molecule has 1 atom stereocenters. The standard InChI is InChI=1S/C9H23NO2Si/c1-3-8-11-13(2)12-9-6-4-5-7-10/h13H,3-10H2,1-2H3. The van der Waals surface area contributed by atoms with E-state index in [4.69, 9.17) is 14.6 Å². The van der Waals surface area contributed by atoms with Gasteiger partial charge in [0, 0.05) is 13.2 Å². The van der Waals surface area contributed by atoms with Crippen molar-refractivity contribution in [3.05, 3.63) is 0 Å². The SMILES string of the molecule is CCCO[SiH](C)OCCCCCN. The molecular weight excluding hydrogens is 182 g/mol. The van der Waals surface area contributed by atoms with Gasteiger partial charge in [0.1, 0.15) is 0 Å². The van der Waals surface area contributed by atoms with Crippen molar-refractivity contribution >= 4 is 9.28 Å². The fourth-order valence-corrected chi connectivity index (χ4v) is 2.17. The van der Waals surface area contributed by atoms with E-state index in [0.29, 0.717) is 0 Å². The van der Waals surface area contributed by atoms with Gasteiger partial charge in [-0.15, -0.1) is 0 Å². The van der Waals surface area contributed by atoms with Crippen LogP contribution in [0.2, 0.25) is 6.55 Å². The zero-order valence-corrected chi connectivity index (χ0v) is 10.1. The Kier molecular flexibility index (Phi) is 10.3. The van der Waals surface area contributed by atoms with E-state index in [1.165, 1.54) is 6.42 Å². The van der Waals surface area contributed by atoms with Crippen molar-refractivity contribution in [3.8, 4) is 0 Å². The van der Waals surface area contributed by atoms with Crippen LogP contribution in [-0.2, 0) is 8.85 Å². The first-order valence-corrected chi connectivity index (χ1v) is 7.34. The predicted molar refractivity (Wildman–Crippen MR) is 58.1 cm³/mol. The smallest absolute Gasteiger partial charge is 0.318 e. The highest BCUT2D eigenvalue weighted by Gasteiger charge is 2.03. The summed E-state index contributed by atoms with van der Waals surface area (Å²) in [5, 5.41) is 0. The van der Waals surface area contributed by atoms with Crippen molar-refractivity contribution in [1.82, 2.24) is 0 Å². The normalized spacial score (nSPS) is 13.2. The van der Waals surface area contributed by atoms with Gasteiger partial charge in [-0.2, -0.15) is 0 Å². The van der Waals surface area contributed by atoms with Crippen molar-refractivity contribution in [2.24, 2.45) is 5.73 Å². The number of hydrogen-bond acceptors (Lipinski definition) is 3. The van der Waals surface area contributed by atoms with Gasteiger partial charge < -0.3 is 14.6 Å². The van der Waals surface area contributed by atoms with Crippen LogP contribution < -0.4 is 5.73 Å². The summed E-state index contributed by atoms with van der Waals surface area (Å²) >= 11 is 0. The van der Waals surface area contributed by atoms with Gasteiger partial charge in [0.15, 0.2) is 0 Å². The molecule has 0 radical (unpaired) electrons. The van der Waals surface area contributed by atoms with Crippen LogP contribution in [0.3, 0.4) is 0 Å². The first kappa shape index (κ1) is 13.1. The topological polar surface area (TPSA) is 44.5 Å². The van der Waals surface area contributed by atoms with E-state index in [1.807, 2.05) is 0 Å². The second-order valence-corrected chi connectivity index (χ2v) is 4.96. The van der Waals surface area contributed by atoms with Gasteiger partial charge in [0.2, 0.25) is 0 Å². The summed E-state index contributed by atoms with van der Waals surface area (Å²) in [4.78, 5) is 0. The molecule has 0 aromatic carbocycles. The van der Waals surface area contributed by atoms with E-state index in [0.717, 1.165) is 39.0 Å². The molecule has 0 aromatic rings. The first-order chi connectivity index (χ1) is 6.31. The fraction of sp³-hybridized carbons (Fsp3) is 1.00. The number of nitrogens with two attached hydrogens (primary N) is 1. The molecular formula is C9H23NO2Si. The van der Waals surface area contributed by atoms with Gasteiger partial charge in [-0.25, -0.2) is 0 Å². The molecule has 0 aliphatic rings. The summed E-state index contributed by atoms with van der Waals surface area (Å²) in [6.45, 7) is 6.67. The van der Waals surface area contributed by atoms with Crippen molar-refractivity contribution in [3.63, 3.8) is 0 Å². The summed E-state index contributed by atoms with van der Waals surface area (Å²) in [5.74, 6) is 0. The molecule has 0 spiro atoms. The van der Waals surface area contributed by atoms with E-state index >= 15 is 0 Å². The summed E-state index contributed by atoms with van der Waals surface area (Å²) < 4.78 is 11.1. The van der Waals surface area contributed by atoms with Crippen LogP contribution in [-0.4, -0.2) is 29.0 Å². The molecule has 4 heteroatoms. The molecule has 0 aliphatic heterocycles. The number of hydrogen-bond donors (Lipinski definition) is 1. The van der Waals surface area contributed by atoms with Crippen LogP contribution in [0.1, 0.15) is 32.6 Å². The second kappa shape index (κ2) is 10.2. The second-order valence-electron chi connectivity index (χ2n) is 3.16. The lowest BCUT2D eigenvalue weighted by molar-refractivity contribution is 0.198. The molecule has 0 amide bonds. The zero-order valence-electron chi connectivity index (χ0n) is 8.92. The third-order valence-corrected chi connectivity index (χ3v) is 3.17. The molecule has 1 unspecified atom stereocenters. The van der Waals surface area contributed by atoms with Crippen LogP contribution in [0, 0.1) is 0 Å². The first-order valence-electron chi connectivity index (χ1n) is 5.24. The fourth-order valence-electron chi connectivity index (χ4n) is 1.00. The lowest BCUT2D eigenvalue weighted by Gasteiger charge is -2.11. The number of unbranched alkanes of at least 4 members (excludes halogenated alkanes) is 2. The minimum absolute atomic E-state index is 0.791. The average Bonchev–Trinajstić information content (AvgIpc) is 2.14. The molecule has 3 nitrogen and oxygen atoms in total. The third-order valence-electron chi connectivity index (χ3n) is 1.76. The van der Waals surface area contributed by atoms with Gasteiger partial charge in [-0.1, -0.05) is 6.92 Å². The summed E-state index contributed by atoms with van der Waals surface area (Å²) in [6, 6.07) is 0. The highest BCUT2D eigenvalue weighted by molar-refractivity contribution is 6.42. The average molecular weight is 205 g/mol. The van der Waals surface area contributed by atoms with Crippen molar-refractivity contribution in [1.29, 1.82) is 0 Å². The molecule has 0 fully saturated rings. The maximum atomic E-state index is 5.57. The van der Waals surface area contributed by atoms with Crippen LogP contribution in [0.4, 0.5) is 0 Å². The molecule has 0 rings (SSSR count). The Morgan fingerprint density at radius 1 is 1.08 bits per heavy atom. The van der Waals surface area contributed by atoms with E-state index in [9.17, 15) is 0 Å². The van der Waals surface area contributed by atoms with Gasteiger partial charge in [-0.3, -0.25) is 0 Å². The summed E-state index contributed by atoms with van der Waals surface area (Å²) in [5.41, 5.74) is 5.38. The Balaban J connectivity index is 3.03. The van der Waals surface area contributed by atoms with E-state index in [2.05, 4.69) is 13.5 Å². The summed E-state index contributed by atoms with van der Waals surface area (Å²) in [6.07, 6.45) is 4.47. The lowest BCUT2D eigenvalue weighted by Crippen LogP contribution is -2.19. The molecule has 13 heavy (non-hydrogen) atoms. The predicted octanol–water partition coefficient (Wildman–Crippen LogP) is 1.41. The Morgan fingerprint density at radius 2 is 1.77 bits per heavy atom. The van der Waals surface area contributed by atoms with Crippen LogP contribution in [0.15, 0.2) is 0 Å². The van der Waals surface area contributed by atoms with Gasteiger partial charge >= 0.3 is 9.28 Å². The minimum Gasteiger partial charge on any atom is -0.397 e. The van der Waals surface area contributed by atoms with Crippen molar-refractivity contribution < 1.29 is 8.85 Å². The van der Waals surface area contributed by atoms with Crippen molar-refractivity contribution in [2.75, 3.05) is 19.8 Å². The Labute approximate surface area is 83.5 Å². The molecule has 0 heterocycles. The van der Waals surface area contributed by atoms with Crippen molar-refractivity contribution in [2.45, 2.75) is 39.2 Å². The molecule has 2 N–H and O–H groups in total. The monoisotopic (exact) mass is 205 g/mol. The lowest BCUT2D eigenvalue weighted by atomic mass is 10.2. The van der Waals surface area contributed by atoms with Crippen LogP contribution in [0.5, 0.6) is 0 Å². The molecule has 0 aromatic heterocycles. The quantitative estimate of drug-likeness (QED) is 0.457. The van der Waals surface area contributed by atoms with E-state index < -0.39 is 9.28 Å². The van der Waals surface area contributed by atoms with Gasteiger partial charge in [0.25, 0.3) is 0 Å². The Hall–Kier alpha value is 0.0969. The maximum absolute atomic E-state index is 5.57. The highest BCUT2D eigenvalue weighted by atomic mass is 28.3. The van der Waals surface area contributed by atoms with Crippen LogP contribution >= 0.6 is 0 Å². The van der Waals surface area contributed by atoms with Gasteiger partial charge in [-0.05, 0) is 38.8 Å². The maximum Gasteiger partial charge on any atom is 0.318 e. The number of rotatable bonds is 9. The molecule has 0 aliphatic carbocycles. The zero-order chi connectivity index (χ0) is 9.94. The minimum atomic E-state index is -1.30. The third kappa shape index (κ3) is 10.0. The molecule has 0 saturated heterocycles. The van der Waals surface area contributed by atoms with E-state index in [-0.39, 0.29) is 0 Å². The molecule has 80 valence electrons. The highest BCUT2D eigenvalue weighted by Crippen LogP contribution is 1.97. The van der Waals surface area contributed by atoms with Crippen LogP contribution in [0.25, 0.3) is 0 Å². The molecule has 0 saturated carbocycles. The summed E-state index contributed by atoms with van der Waals surface area (Å²) in [7, 11) is -1.30. The van der Waals surface area contributed by atoms with E-state index in [1.54, 1.807) is 0 Å². The molecule has 0 bridgehead atoms. The Morgan fingerprint density at radius 3 is 2.38 bits per heavy atom.